The molecule has 4 N–H and O–H groups in total. The van der Waals surface area contributed by atoms with Gasteiger partial charge in [0.15, 0.2) is 0 Å². The molecule has 0 radical (unpaired) electrons. The lowest BCUT2D eigenvalue weighted by molar-refractivity contribution is 0.492. The monoisotopic (exact) mass is 200 g/mol. The molecule has 86 valence electrons. The molecule has 0 amide bonds. The van der Waals surface area contributed by atoms with E-state index in [1.165, 1.54) is 44.9 Å². The predicted octanol–water partition coefficient (Wildman–Crippen LogP) is 2.80. The maximum absolute atomic E-state index is 5.93. The van der Waals surface area contributed by atoms with Crippen LogP contribution >= 0.6 is 0 Å². The van der Waals surface area contributed by atoms with E-state index in [4.69, 9.17) is 11.5 Å². The van der Waals surface area contributed by atoms with Crippen LogP contribution in [0.2, 0.25) is 0 Å². The molecule has 0 aliphatic carbocycles. The van der Waals surface area contributed by atoms with Crippen LogP contribution in [0.3, 0.4) is 0 Å². The van der Waals surface area contributed by atoms with E-state index >= 15 is 0 Å². The summed E-state index contributed by atoms with van der Waals surface area (Å²) in [4.78, 5) is 0. The summed E-state index contributed by atoms with van der Waals surface area (Å²) in [6.45, 7) is 4.35. The van der Waals surface area contributed by atoms with Gasteiger partial charge in [-0.1, -0.05) is 39.5 Å². The number of hydrogen-bond acceptors (Lipinski definition) is 2. The third kappa shape index (κ3) is 8.52. The predicted molar refractivity (Wildman–Crippen MR) is 64.2 cm³/mol. The van der Waals surface area contributed by atoms with E-state index in [0.717, 1.165) is 6.42 Å². The Morgan fingerprint density at radius 1 is 0.786 bits per heavy atom. The van der Waals surface area contributed by atoms with Gasteiger partial charge in [0.05, 0.1) is 0 Å². The van der Waals surface area contributed by atoms with Crippen molar-refractivity contribution >= 4 is 0 Å². The minimum atomic E-state index is 0.416. The molecule has 2 atom stereocenters. The first-order valence-electron chi connectivity index (χ1n) is 6.21. The molecule has 0 aliphatic heterocycles. The molecule has 2 nitrogen and oxygen atoms in total. The summed E-state index contributed by atoms with van der Waals surface area (Å²) in [6, 6.07) is 0.846. The van der Waals surface area contributed by atoms with Gasteiger partial charge in [0.1, 0.15) is 0 Å². The van der Waals surface area contributed by atoms with Crippen LogP contribution in [0.25, 0.3) is 0 Å². The van der Waals surface area contributed by atoms with E-state index in [2.05, 4.69) is 13.8 Å². The molecular weight excluding hydrogens is 172 g/mol. The van der Waals surface area contributed by atoms with Crippen LogP contribution in [-0.4, -0.2) is 12.1 Å². The average Bonchev–Trinajstić information content (AvgIpc) is 2.17. The molecule has 14 heavy (non-hydrogen) atoms. The first-order valence-corrected chi connectivity index (χ1v) is 6.21. The van der Waals surface area contributed by atoms with Crippen LogP contribution in [-0.2, 0) is 0 Å². The van der Waals surface area contributed by atoms with Crippen molar-refractivity contribution < 1.29 is 0 Å². The first kappa shape index (κ1) is 13.9. The summed E-state index contributed by atoms with van der Waals surface area (Å²) in [5.41, 5.74) is 11.8. The van der Waals surface area contributed by atoms with Crippen LogP contribution in [0.1, 0.15) is 65.2 Å². The van der Waals surface area contributed by atoms with Crippen molar-refractivity contribution in [2.24, 2.45) is 11.5 Å². The summed E-state index contributed by atoms with van der Waals surface area (Å²) >= 11 is 0. The van der Waals surface area contributed by atoms with Crippen molar-refractivity contribution in [3.63, 3.8) is 0 Å². The summed E-state index contributed by atoms with van der Waals surface area (Å²) in [6.07, 6.45) is 9.71. The van der Waals surface area contributed by atoms with Crippen molar-refractivity contribution in [1.82, 2.24) is 0 Å². The van der Waals surface area contributed by atoms with Gasteiger partial charge in [0.25, 0.3) is 0 Å². The number of nitrogens with two attached hydrogens (primary N) is 2. The Morgan fingerprint density at radius 3 is 1.86 bits per heavy atom. The summed E-state index contributed by atoms with van der Waals surface area (Å²) in [5.74, 6) is 0. The Labute approximate surface area is 89.4 Å². The Kier molecular flexibility index (Phi) is 9.42. The molecule has 0 aromatic heterocycles. The zero-order valence-corrected chi connectivity index (χ0v) is 9.97. The zero-order valence-electron chi connectivity index (χ0n) is 9.97. The van der Waals surface area contributed by atoms with Gasteiger partial charge in [0, 0.05) is 12.1 Å². The van der Waals surface area contributed by atoms with E-state index in [1.54, 1.807) is 0 Å². The van der Waals surface area contributed by atoms with Crippen LogP contribution in [0, 0.1) is 0 Å². The zero-order chi connectivity index (χ0) is 10.8. The molecule has 0 bridgehead atoms. The van der Waals surface area contributed by atoms with Crippen LogP contribution < -0.4 is 11.5 Å². The standard InChI is InChI=1S/C12H28N2/c1-3-8-12(14)10-7-5-6-9-11(13)4-2/h11-12H,3-10,13-14H2,1-2H3. The van der Waals surface area contributed by atoms with Gasteiger partial charge < -0.3 is 11.5 Å². The molecule has 0 heterocycles. The maximum Gasteiger partial charge on any atom is 0.00387 e. The second kappa shape index (κ2) is 9.47. The van der Waals surface area contributed by atoms with E-state index in [1.807, 2.05) is 0 Å². The van der Waals surface area contributed by atoms with Gasteiger partial charge in [-0.2, -0.15) is 0 Å². The van der Waals surface area contributed by atoms with Gasteiger partial charge >= 0.3 is 0 Å². The highest BCUT2D eigenvalue weighted by atomic mass is 14.6. The maximum atomic E-state index is 5.93. The second-order valence-electron chi connectivity index (χ2n) is 4.36. The fourth-order valence-electron chi connectivity index (χ4n) is 1.71. The molecule has 0 saturated heterocycles. The minimum Gasteiger partial charge on any atom is -0.328 e. The van der Waals surface area contributed by atoms with Gasteiger partial charge in [-0.25, -0.2) is 0 Å². The van der Waals surface area contributed by atoms with E-state index in [9.17, 15) is 0 Å². The number of rotatable bonds is 9. The summed E-state index contributed by atoms with van der Waals surface area (Å²) in [5, 5.41) is 0. The normalized spacial score (nSPS) is 15.4. The third-order valence-electron chi connectivity index (χ3n) is 2.83. The lowest BCUT2D eigenvalue weighted by atomic mass is 10.0. The average molecular weight is 200 g/mol. The van der Waals surface area contributed by atoms with Crippen LogP contribution in [0.5, 0.6) is 0 Å². The Bertz CT molecular complexity index is 115. The van der Waals surface area contributed by atoms with Gasteiger partial charge in [-0.3, -0.25) is 0 Å². The highest BCUT2D eigenvalue weighted by Crippen LogP contribution is 2.09. The minimum absolute atomic E-state index is 0.416. The van der Waals surface area contributed by atoms with E-state index < -0.39 is 0 Å². The molecular formula is C12H28N2. The SMILES string of the molecule is CCCC(N)CCCCCC(N)CC. The Hall–Kier alpha value is -0.0800. The lowest BCUT2D eigenvalue weighted by Gasteiger charge is -2.10. The molecule has 0 rings (SSSR count). The smallest absolute Gasteiger partial charge is 0.00387 e. The topological polar surface area (TPSA) is 52.0 Å². The summed E-state index contributed by atoms with van der Waals surface area (Å²) < 4.78 is 0. The molecule has 0 aromatic rings. The number of unbranched alkanes of at least 4 members (excludes halogenated alkanes) is 2. The number of hydrogen-bond donors (Lipinski definition) is 2. The van der Waals surface area contributed by atoms with Crippen LogP contribution in [0.15, 0.2) is 0 Å². The highest BCUT2D eigenvalue weighted by Gasteiger charge is 2.01. The van der Waals surface area contributed by atoms with Crippen molar-refractivity contribution in [1.29, 1.82) is 0 Å². The van der Waals surface area contributed by atoms with Gasteiger partial charge in [-0.15, -0.1) is 0 Å². The van der Waals surface area contributed by atoms with Crippen molar-refractivity contribution in [3.8, 4) is 0 Å². The van der Waals surface area contributed by atoms with Gasteiger partial charge in [-0.05, 0) is 25.7 Å². The lowest BCUT2D eigenvalue weighted by Crippen LogP contribution is -2.19. The van der Waals surface area contributed by atoms with Gasteiger partial charge in [0.2, 0.25) is 0 Å². The molecule has 2 unspecified atom stereocenters. The largest absolute Gasteiger partial charge is 0.328 e. The van der Waals surface area contributed by atoms with Crippen molar-refractivity contribution in [3.05, 3.63) is 0 Å². The quantitative estimate of drug-likeness (QED) is 0.562. The van der Waals surface area contributed by atoms with E-state index in [-0.39, 0.29) is 0 Å². The molecule has 2 heteroatoms. The first-order chi connectivity index (χ1) is 6.70. The molecule has 0 saturated carbocycles. The Balaban J connectivity index is 3.13. The van der Waals surface area contributed by atoms with E-state index in [0.29, 0.717) is 12.1 Å². The molecule has 0 spiro atoms. The van der Waals surface area contributed by atoms with Crippen LogP contribution in [0.4, 0.5) is 0 Å². The van der Waals surface area contributed by atoms with Crippen molar-refractivity contribution in [2.75, 3.05) is 0 Å². The summed E-state index contributed by atoms with van der Waals surface area (Å²) in [7, 11) is 0. The fourth-order valence-corrected chi connectivity index (χ4v) is 1.71. The Morgan fingerprint density at radius 2 is 1.36 bits per heavy atom. The second-order valence-corrected chi connectivity index (χ2v) is 4.36. The fraction of sp³-hybridized carbons (Fsp3) is 1.00. The molecule has 0 aliphatic rings. The molecule has 0 fully saturated rings. The highest BCUT2D eigenvalue weighted by molar-refractivity contribution is 4.62. The third-order valence-corrected chi connectivity index (χ3v) is 2.83. The molecule has 0 aromatic carbocycles. The van der Waals surface area contributed by atoms with Crippen molar-refractivity contribution in [2.45, 2.75) is 77.3 Å².